The van der Waals surface area contributed by atoms with E-state index < -0.39 is 0 Å². The maximum atomic E-state index is 4.53. The summed E-state index contributed by atoms with van der Waals surface area (Å²) in [6.45, 7) is 5.17. The fraction of sp³-hybridized carbons (Fsp3) is 0.471. The van der Waals surface area contributed by atoms with Gasteiger partial charge in [0.25, 0.3) is 0 Å². The minimum Gasteiger partial charge on any atom is -0.304 e. The standard InChI is InChI=1S/C17H24N2S/c1-3-4-6-11-17(15-9-7-5-8-10-15)18-12-16-13-20-14(2)19-16/h5,7-10,13,17-18H,3-4,6,11-12H2,1-2H3. The largest absolute Gasteiger partial charge is 0.304 e. The van der Waals surface area contributed by atoms with Crippen LogP contribution in [0.2, 0.25) is 0 Å². The minimum absolute atomic E-state index is 0.435. The molecular weight excluding hydrogens is 264 g/mol. The highest BCUT2D eigenvalue weighted by Crippen LogP contribution is 2.20. The van der Waals surface area contributed by atoms with Gasteiger partial charge in [-0.25, -0.2) is 4.98 Å². The van der Waals surface area contributed by atoms with Gasteiger partial charge in [-0.05, 0) is 18.9 Å². The molecule has 2 nitrogen and oxygen atoms in total. The van der Waals surface area contributed by atoms with Crippen molar-refractivity contribution in [3.05, 3.63) is 52.0 Å². The minimum atomic E-state index is 0.435. The van der Waals surface area contributed by atoms with Crippen molar-refractivity contribution in [1.29, 1.82) is 0 Å². The van der Waals surface area contributed by atoms with Gasteiger partial charge in [0.1, 0.15) is 0 Å². The van der Waals surface area contributed by atoms with Crippen LogP contribution in [0.15, 0.2) is 35.7 Å². The zero-order chi connectivity index (χ0) is 14.2. The summed E-state index contributed by atoms with van der Waals surface area (Å²) in [6, 6.07) is 11.2. The Labute approximate surface area is 126 Å². The number of nitrogens with zero attached hydrogens (tertiary/aromatic N) is 1. The first kappa shape index (κ1) is 15.2. The molecule has 0 aliphatic rings. The molecule has 0 saturated carbocycles. The Morgan fingerprint density at radius 3 is 2.65 bits per heavy atom. The average molecular weight is 288 g/mol. The van der Waals surface area contributed by atoms with Crippen LogP contribution in [0.5, 0.6) is 0 Å². The van der Waals surface area contributed by atoms with E-state index in [9.17, 15) is 0 Å². The molecule has 2 rings (SSSR count). The summed E-state index contributed by atoms with van der Waals surface area (Å²) >= 11 is 1.72. The third-order valence-corrected chi connectivity index (χ3v) is 4.32. The number of unbranched alkanes of at least 4 members (excludes halogenated alkanes) is 2. The van der Waals surface area contributed by atoms with Crippen molar-refractivity contribution in [2.75, 3.05) is 0 Å². The molecule has 2 aromatic rings. The number of benzene rings is 1. The van der Waals surface area contributed by atoms with Crippen molar-refractivity contribution < 1.29 is 0 Å². The number of hydrogen-bond donors (Lipinski definition) is 1. The summed E-state index contributed by atoms with van der Waals surface area (Å²) in [7, 11) is 0. The van der Waals surface area contributed by atoms with Gasteiger partial charge in [0.05, 0.1) is 10.7 Å². The Hall–Kier alpha value is -1.19. The molecule has 108 valence electrons. The van der Waals surface area contributed by atoms with Crippen molar-refractivity contribution in [2.24, 2.45) is 0 Å². The number of aryl methyl sites for hydroxylation is 1. The van der Waals surface area contributed by atoms with Crippen LogP contribution < -0.4 is 5.32 Å². The Balaban J connectivity index is 1.95. The molecule has 1 unspecified atom stereocenters. The van der Waals surface area contributed by atoms with Crippen molar-refractivity contribution in [2.45, 2.75) is 52.1 Å². The molecule has 0 radical (unpaired) electrons. The third kappa shape index (κ3) is 4.73. The molecule has 0 aliphatic heterocycles. The van der Waals surface area contributed by atoms with Crippen LogP contribution >= 0.6 is 11.3 Å². The molecule has 0 bridgehead atoms. The van der Waals surface area contributed by atoms with Gasteiger partial charge >= 0.3 is 0 Å². The number of rotatable bonds is 8. The molecule has 3 heteroatoms. The van der Waals surface area contributed by atoms with Gasteiger partial charge in [0, 0.05) is 18.0 Å². The molecule has 1 aromatic heterocycles. The Morgan fingerprint density at radius 1 is 1.20 bits per heavy atom. The fourth-order valence-corrected chi connectivity index (χ4v) is 3.00. The molecule has 0 amide bonds. The van der Waals surface area contributed by atoms with E-state index in [0.29, 0.717) is 6.04 Å². The van der Waals surface area contributed by atoms with E-state index in [1.807, 2.05) is 0 Å². The summed E-state index contributed by atoms with van der Waals surface area (Å²) in [5.74, 6) is 0. The quantitative estimate of drug-likeness (QED) is 0.701. The molecule has 1 atom stereocenters. The summed E-state index contributed by atoms with van der Waals surface area (Å²) < 4.78 is 0. The van der Waals surface area contributed by atoms with Crippen LogP contribution in [-0.4, -0.2) is 4.98 Å². The van der Waals surface area contributed by atoms with Crippen molar-refractivity contribution in [3.8, 4) is 0 Å². The van der Waals surface area contributed by atoms with Gasteiger partial charge in [-0.2, -0.15) is 0 Å². The average Bonchev–Trinajstić information content (AvgIpc) is 2.89. The smallest absolute Gasteiger partial charge is 0.0897 e. The van der Waals surface area contributed by atoms with E-state index in [2.05, 4.69) is 59.9 Å². The predicted octanol–water partition coefficient (Wildman–Crippen LogP) is 4.86. The molecule has 0 fully saturated rings. The summed E-state index contributed by atoms with van der Waals surface area (Å²) in [5, 5.41) is 6.96. The topological polar surface area (TPSA) is 24.9 Å². The van der Waals surface area contributed by atoms with E-state index >= 15 is 0 Å². The van der Waals surface area contributed by atoms with Crippen LogP contribution in [0.4, 0.5) is 0 Å². The first-order chi connectivity index (χ1) is 9.79. The van der Waals surface area contributed by atoms with Gasteiger partial charge < -0.3 is 5.32 Å². The molecule has 0 aliphatic carbocycles. The molecule has 20 heavy (non-hydrogen) atoms. The molecular formula is C17H24N2S. The Bertz CT molecular complexity index is 493. The second kappa shape index (κ2) is 8.18. The lowest BCUT2D eigenvalue weighted by Crippen LogP contribution is -2.21. The number of nitrogens with one attached hydrogen (secondary N) is 1. The summed E-state index contributed by atoms with van der Waals surface area (Å²) in [5.41, 5.74) is 2.54. The van der Waals surface area contributed by atoms with Crippen LogP contribution in [-0.2, 0) is 6.54 Å². The molecule has 1 N–H and O–H groups in total. The lowest BCUT2D eigenvalue weighted by Gasteiger charge is -2.18. The molecule has 1 aromatic carbocycles. The van der Waals surface area contributed by atoms with Crippen LogP contribution in [0.25, 0.3) is 0 Å². The second-order valence-electron chi connectivity index (χ2n) is 5.20. The first-order valence-corrected chi connectivity index (χ1v) is 8.37. The monoisotopic (exact) mass is 288 g/mol. The SMILES string of the molecule is CCCCCC(NCc1csc(C)n1)c1ccccc1. The highest BCUT2D eigenvalue weighted by Gasteiger charge is 2.11. The second-order valence-corrected chi connectivity index (χ2v) is 6.26. The van der Waals surface area contributed by atoms with E-state index in [1.165, 1.54) is 31.2 Å². The van der Waals surface area contributed by atoms with Crippen molar-refractivity contribution >= 4 is 11.3 Å². The lowest BCUT2D eigenvalue weighted by molar-refractivity contribution is 0.471. The van der Waals surface area contributed by atoms with Gasteiger partial charge in [-0.1, -0.05) is 56.5 Å². The summed E-state index contributed by atoms with van der Waals surface area (Å²) in [4.78, 5) is 4.53. The maximum absolute atomic E-state index is 4.53. The molecule has 0 saturated heterocycles. The summed E-state index contributed by atoms with van der Waals surface area (Å²) in [6.07, 6.45) is 5.05. The highest BCUT2D eigenvalue weighted by atomic mass is 32.1. The predicted molar refractivity (Wildman–Crippen MR) is 87.0 cm³/mol. The Morgan fingerprint density at radius 2 is 2.00 bits per heavy atom. The van der Waals surface area contributed by atoms with E-state index in [1.54, 1.807) is 11.3 Å². The molecule has 0 spiro atoms. The normalized spacial score (nSPS) is 12.5. The van der Waals surface area contributed by atoms with E-state index in [-0.39, 0.29) is 0 Å². The number of thiazole rings is 1. The number of aromatic nitrogens is 1. The van der Waals surface area contributed by atoms with Gasteiger partial charge in [-0.3, -0.25) is 0 Å². The molecule has 1 heterocycles. The van der Waals surface area contributed by atoms with Crippen LogP contribution in [0, 0.1) is 6.92 Å². The van der Waals surface area contributed by atoms with Gasteiger partial charge in [-0.15, -0.1) is 11.3 Å². The number of hydrogen-bond acceptors (Lipinski definition) is 3. The third-order valence-electron chi connectivity index (χ3n) is 3.49. The zero-order valence-corrected chi connectivity index (χ0v) is 13.2. The van der Waals surface area contributed by atoms with Crippen LogP contribution in [0.1, 0.15) is 54.9 Å². The lowest BCUT2D eigenvalue weighted by atomic mass is 10.0. The van der Waals surface area contributed by atoms with E-state index in [0.717, 1.165) is 17.2 Å². The van der Waals surface area contributed by atoms with Crippen molar-refractivity contribution in [1.82, 2.24) is 10.3 Å². The van der Waals surface area contributed by atoms with Gasteiger partial charge in [0.15, 0.2) is 0 Å². The Kier molecular flexibility index (Phi) is 6.22. The van der Waals surface area contributed by atoms with Crippen molar-refractivity contribution in [3.63, 3.8) is 0 Å². The zero-order valence-electron chi connectivity index (χ0n) is 12.4. The first-order valence-electron chi connectivity index (χ1n) is 7.49. The van der Waals surface area contributed by atoms with Crippen LogP contribution in [0.3, 0.4) is 0 Å². The maximum Gasteiger partial charge on any atom is 0.0897 e. The van der Waals surface area contributed by atoms with E-state index in [4.69, 9.17) is 0 Å². The van der Waals surface area contributed by atoms with Gasteiger partial charge in [0.2, 0.25) is 0 Å². The fourth-order valence-electron chi connectivity index (χ4n) is 2.39. The highest BCUT2D eigenvalue weighted by molar-refractivity contribution is 7.09.